The zero-order chi connectivity index (χ0) is 54.5. The topological polar surface area (TPSA) is 11.4 Å². The molecule has 3 unspecified atom stereocenters. The van der Waals surface area contributed by atoms with E-state index < -0.39 is 0 Å². The van der Waals surface area contributed by atoms with Crippen molar-refractivity contribution in [3.63, 3.8) is 0 Å². The molecule has 3 heteroatoms. The predicted octanol–water partition coefficient (Wildman–Crippen LogP) is 20.0. The lowest BCUT2D eigenvalue weighted by Crippen LogP contribution is -2.33. The van der Waals surface area contributed by atoms with Crippen molar-refractivity contribution in [3.8, 4) is 12.3 Å². The van der Waals surface area contributed by atoms with E-state index in [9.17, 15) is 0 Å². The Morgan fingerprint density at radius 2 is 1.27 bits per heavy atom. The summed E-state index contributed by atoms with van der Waals surface area (Å²) in [6.07, 6.45) is 25.4. The van der Waals surface area contributed by atoms with Crippen LogP contribution in [-0.2, 0) is 11.8 Å². The van der Waals surface area contributed by atoms with Crippen LogP contribution in [0.2, 0.25) is 0 Å². The lowest BCUT2D eigenvalue weighted by atomic mass is 9.62. The van der Waals surface area contributed by atoms with Gasteiger partial charge in [-0.2, -0.15) is 0 Å². The van der Waals surface area contributed by atoms with Gasteiger partial charge in [-0.25, -0.2) is 0 Å². The summed E-state index contributed by atoms with van der Waals surface area (Å²) in [4.78, 5) is 4.92. The molecule has 0 radical (unpaired) electrons. The molecule has 1 aliphatic carbocycles. The Kier molecular flexibility index (Phi) is 24.0. The van der Waals surface area contributed by atoms with Crippen LogP contribution in [0.4, 0.5) is 11.4 Å². The minimum atomic E-state index is 0. The molecule has 0 fully saturated rings. The second-order valence-electron chi connectivity index (χ2n) is 23.8. The fraction of sp³-hybridized carbons (Fsp3) is 0.514. The number of allylic oxidation sites excluding steroid dienone is 9. The van der Waals surface area contributed by atoms with Crippen LogP contribution in [0, 0.1) is 54.3 Å². The fourth-order valence-electron chi connectivity index (χ4n) is 10.8. The lowest BCUT2D eigenvalue weighted by molar-refractivity contribution is 0.169. The Morgan fingerprint density at radius 3 is 1.68 bits per heavy atom. The number of aromatic nitrogens is 1. The van der Waals surface area contributed by atoms with E-state index in [1.807, 2.05) is 13.0 Å². The molecule has 0 amide bonds. The summed E-state index contributed by atoms with van der Waals surface area (Å²) in [5.41, 5.74) is 17.1. The van der Waals surface area contributed by atoms with E-state index in [4.69, 9.17) is 6.42 Å². The summed E-state index contributed by atoms with van der Waals surface area (Å²) in [6.45, 7) is 58.9. The van der Waals surface area contributed by atoms with Crippen molar-refractivity contribution in [2.75, 3.05) is 36.0 Å². The summed E-state index contributed by atoms with van der Waals surface area (Å²) >= 11 is 0. The van der Waals surface area contributed by atoms with E-state index in [-0.39, 0.29) is 41.0 Å². The van der Waals surface area contributed by atoms with Gasteiger partial charge in [0.2, 0.25) is 0 Å². The standard InChI is InChI=1S/C42H66N2.C25H31N.C2H4.CH4/c1-16-43(17-2)33-21-24-35(29(5)26-33)39(36-25-22-34(27-30(36)6)44(18-3)19-4)37-23-20-32(42(14,15)41(11,12)13)28-38(31(37)7)40(8,9)10;1-8-11-12-15-19(4)26-23(14-10-3)21(13-9-2)22-18-20(25(5,6)7)16-17-24(22)26;1-2;/h21-28,31,38-39H,16-20H2,1-15H3;2,8,10-12,14-19H,13H2,1,3-7H3;1-2H2;1H4/b;11-8-,14-10-,15-12-;;. The van der Waals surface area contributed by atoms with Crippen molar-refractivity contribution in [2.45, 2.75) is 183 Å². The highest BCUT2D eigenvalue weighted by molar-refractivity contribution is 5.89. The van der Waals surface area contributed by atoms with Gasteiger partial charge in [0, 0.05) is 72.5 Å². The third kappa shape index (κ3) is 15.0. The van der Waals surface area contributed by atoms with E-state index >= 15 is 0 Å². The Bertz CT molecular complexity index is 2520. The molecule has 5 rings (SSSR count). The van der Waals surface area contributed by atoms with Gasteiger partial charge < -0.3 is 14.4 Å². The first-order valence-corrected chi connectivity index (χ1v) is 27.4. The van der Waals surface area contributed by atoms with Crippen molar-refractivity contribution in [1.82, 2.24) is 4.57 Å². The Hall–Kier alpha value is -5.20. The molecule has 1 aliphatic rings. The van der Waals surface area contributed by atoms with Crippen molar-refractivity contribution in [2.24, 2.45) is 28.1 Å². The molecule has 0 bridgehead atoms. The van der Waals surface area contributed by atoms with Crippen LogP contribution >= 0.6 is 0 Å². The Morgan fingerprint density at radius 1 is 0.753 bits per heavy atom. The molecule has 3 aromatic carbocycles. The summed E-state index contributed by atoms with van der Waals surface area (Å²) in [5, 5.41) is 1.27. The van der Waals surface area contributed by atoms with Crippen LogP contribution in [0.1, 0.15) is 196 Å². The SMILES string of the molecule is C.C#CCc1c(/C=C\C)n(C(C)/C=C\C=C/C)c2ccc(C(C)(C)C)cc12.C=C.CCN(CC)c1ccc(C(C2=CCC(C(C)(C)C(C)(C)C)=CC(C(C)(C)C)C2C)c2ccc(N(CC)CC)cc2C)c(C)c1. The fourth-order valence-corrected chi connectivity index (χ4v) is 10.8. The zero-order valence-electron chi connectivity index (χ0n) is 49.7. The van der Waals surface area contributed by atoms with E-state index in [1.54, 1.807) is 11.1 Å². The molecule has 0 aliphatic heterocycles. The first kappa shape index (κ1) is 63.9. The molecule has 1 heterocycles. The van der Waals surface area contributed by atoms with Gasteiger partial charge in [-0.1, -0.05) is 162 Å². The van der Waals surface area contributed by atoms with Crippen LogP contribution in [0.5, 0.6) is 0 Å². The number of aryl methyl sites for hydroxylation is 2. The van der Waals surface area contributed by atoms with E-state index in [0.29, 0.717) is 18.3 Å². The molecule has 1 aromatic heterocycles. The average Bonchev–Trinajstić information content (AvgIpc) is 3.49. The number of hydrogen-bond donors (Lipinski definition) is 0. The molecule has 3 nitrogen and oxygen atoms in total. The van der Waals surface area contributed by atoms with Crippen LogP contribution in [0.25, 0.3) is 17.0 Å². The average molecular weight is 989 g/mol. The normalized spacial score (nSPS) is 16.0. The number of anilines is 2. The predicted molar refractivity (Wildman–Crippen MR) is 332 cm³/mol. The maximum Gasteiger partial charge on any atom is 0.0497 e. The quantitative estimate of drug-likeness (QED) is 0.0668. The molecule has 0 N–H and O–H groups in total. The minimum Gasteiger partial charge on any atom is -0.372 e. The van der Waals surface area contributed by atoms with Gasteiger partial charge in [0.1, 0.15) is 0 Å². The van der Waals surface area contributed by atoms with Crippen LogP contribution < -0.4 is 9.80 Å². The zero-order valence-corrected chi connectivity index (χ0v) is 49.7. The van der Waals surface area contributed by atoms with Gasteiger partial charge in [-0.05, 0) is 178 Å². The molecular formula is C70H105N3. The molecule has 0 saturated carbocycles. The van der Waals surface area contributed by atoms with Crippen LogP contribution in [0.3, 0.4) is 0 Å². The largest absolute Gasteiger partial charge is 0.372 e. The number of hydrogen-bond acceptors (Lipinski definition) is 2. The number of rotatable bonds is 15. The molecule has 3 atom stereocenters. The monoisotopic (exact) mass is 988 g/mol. The van der Waals surface area contributed by atoms with E-state index in [2.05, 4.69) is 269 Å². The molecule has 0 spiro atoms. The lowest BCUT2D eigenvalue weighted by Gasteiger charge is -2.42. The smallest absolute Gasteiger partial charge is 0.0497 e. The molecule has 73 heavy (non-hydrogen) atoms. The summed E-state index contributed by atoms with van der Waals surface area (Å²) in [7, 11) is 0. The highest BCUT2D eigenvalue weighted by atomic mass is 15.1. The van der Waals surface area contributed by atoms with Crippen LogP contribution in [-0.4, -0.2) is 30.7 Å². The second kappa shape index (κ2) is 27.4. The summed E-state index contributed by atoms with van der Waals surface area (Å²) in [6, 6.07) is 21.6. The molecule has 400 valence electrons. The van der Waals surface area contributed by atoms with Crippen molar-refractivity contribution >= 4 is 28.4 Å². The second-order valence-corrected chi connectivity index (χ2v) is 23.8. The van der Waals surface area contributed by atoms with Crippen molar-refractivity contribution in [1.29, 1.82) is 0 Å². The van der Waals surface area contributed by atoms with Crippen LogP contribution in [0.15, 0.2) is 121 Å². The van der Waals surface area contributed by atoms with Gasteiger partial charge in [0.15, 0.2) is 0 Å². The number of nitrogens with zero attached hydrogens (tertiary/aromatic N) is 3. The van der Waals surface area contributed by atoms with Gasteiger partial charge in [0.25, 0.3) is 0 Å². The first-order chi connectivity index (χ1) is 33.8. The van der Waals surface area contributed by atoms with E-state index in [1.165, 1.54) is 61.4 Å². The third-order valence-corrected chi connectivity index (χ3v) is 16.1. The molecule has 0 saturated heterocycles. The van der Waals surface area contributed by atoms with E-state index in [0.717, 1.165) is 32.6 Å². The van der Waals surface area contributed by atoms with Crippen molar-refractivity contribution in [3.05, 3.63) is 161 Å². The van der Waals surface area contributed by atoms with Gasteiger partial charge >= 0.3 is 0 Å². The minimum absolute atomic E-state index is 0. The van der Waals surface area contributed by atoms with Gasteiger partial charge in [-0.3, -0.25) is 0 Å². The Balaban J connectivity index is 0.000000536. The number of fused-ring (bicyclic) bond motifs is 1. The number of terminal acetylenes is 1. The van der Waals surface area contributed by atoms with Gasteiger partial charge in [0.05, 0.1) is 0 Å². The maximum atomic E-state index is 5.72. The van der Waals surface area contributed by atoms with Gasteiger partial charge in [-0.15, -0.1) is 25.5 Å². The highest BCUT2D eigenvalue weighted by Crippen LogP contribution is 2.53. The summed E-state index contributed by atoms with van der Waals surface area (Å²) < 4.78 is 2.40. The number of benzene rings is 3. The summed E-state index contributed by atoms with van der Waals surface area (Å²) in [5.74, 6) is 3.94. The Labute approximate surface area is 450 Å². The third-order valence-electron chi connectivity index (χ3n) is 16.1. The molecular weight excluding hydrogens is 883 g/mol. The first-order valence-electron chi connectivity index (χ1n) is 27.4. The maximum absolute atomic E-state index is 5.72. The molecule has 4 aromatic rings. The van der Waals surface area contributed by atoms with Crippen molar-refractivity contribution < 1.29 is 0 Å². The highest BCUT2D eigenvalue weighted by Gasteiger charge is 2.41.